The van der Waals surface area contributed by atoms with Crippen molar-refractivity contribution in [3.63, 3.8) is 0 Å². The fraction of sp³-hybridized carbons (Fsp3) is 0.846. The van der Waals surface area contributed by atoms with Crippen LogP contribution < -0.4 is 0 Å². The van der Waals surface area contributed by atoms with Gasteiger partial charge in [-0.1, -0.05) is 51.0 Å². The van der Waals surface area contributed by atoms with Gasteiger partial charge in [-0.25, -0.2) is 0 Å². The SMILES string of the molecule is C=CCCCCCCCCCCCO. The first kappa shape index (κ1) is 13.7. The van der Waals surface area contributed by atoms with Gasteiger partial charge < -0.3 is 5.11 Å². The highest BCUT2D eigenvalue weighted by molar-refractivity contribution is 4.65. The molecule has 0 fully saturated rings. The molecule has 0 heterocycles. The van der Waals surface area contributed by atoms with E-state index in [0.29, 0.717) is 6.61 Å². The molecule has 0 spiro atoms. The standard InChI is InChI=1S/C13H26O/c1-2-3-4-5-6-7-8-9-10-11-12-13-14/h2,14H,1,3-13H2. The quantitative estimate of drug-likeness (QED) is 0.392. The van der Waals surface area contributed by atoms with Crippen LogP contribution in [0.4, 0.5) is 0 Å². The van der Waals surface area contributed by atoms with E-state index in [2.05, 4.69) is 6.58 Å². The van der Waals surface area contributed by atoms with Crippen molar-refractivity contribution in [3.05, 3.63) is 12.7 Å². The summed E-state index contributed by atoms with van der Waals surface area (Å²) in [4.78, 5) is 0. The van der Waals surface area contributed by atoms with Crippen LogP contribution in [0.5, 0.6) is 0 Å². The first-order valence-electron chi connectivity index (χ1n) is 6.13. The second-order valence-corrected chi connectivity index (χ2v) is 3.98. The molecule has 14 heavy (non-hydrogen) atoms. The lowest BCUT2D eigenvalue weighted by Crippen LogP contribution is -1.84. The molecule has 0 aromatic carbocycles. The van der Waals surface area contributed by atoms with Gasteiger partial charge in [0.1, 0.15) is 0 Å². The Morgan fingerprint density at radius 2 is 1.14 bits per heavy atom. The zero-order chi connectivity index (χ0) is 10.5. The topological polar surface area (TPSA) is 20.2 Å². The van der Waals surface area contributed by atoms with Gasteiger partial charge in [-0.15, -0.1) is 6.58 Å². The van der Waals surface area contributed by atoms with E-state index < -0.39 is 0 Å². The van der Waals surface area contributed by atoms with Gasteiger partial charge in [-0.3, -0.25) is 0 Å². The lowest BCUT2D eigenvalue weighted by Gasteiger charge is -2.00. The zero-order valence-corrected chi connectivity index (χ0v) is 9.51. The number of rotatable bonds is 11. The van der Waals surface area contributed by atoms with E-state index in [4.69, 9.17) is 5.11 Å². The van der Waals surface area contributed by atoms with Gasteiger partial charge in [0.05, 0.1) is 0 Å². The molecule has 0 saturated heterocycles. The van der Waals surface area contributed by atoms with Gasteiger partial charge in [0.2, 0.25) is 0 Å². The Labute approximate surface area is 89.2 Å². The first-order valence-corrected chi connectivity index (χ1v) is 6.13. The van der Waals surface area contributed by atoms with Crippen LogP contribution in [0, 0.1) is 0 Å². The van der Waals surface area contributed by atoms with Gasteiger partial charge in [0, 0.05) is 6.61 Å². The summed E-state index contributed by atoms with van der Waals surface area (Å²) < 4.78 is 0. The maximum absolute atomic E-state index is 8.58. The Kier molecular flexibility index (Phi) is 12.4. The van der Waals surface area contributed by atoms with Crippen LogP contribution in [0.2, 0.25) is 0 Å². The summed E-state index contributed by atoms with van der Waals surface area (Å²) in [6.45, 7) is 4.08. The van der Waals surface area contributed by atoms with Crippen molar-refractivity contribution in [2.45, 2.75) is 64.2 Å². The van der Waals surface area contributed by atoms with Crippen molar-refractivity contribution >= 4 is 0 Å². The second kappa shape index (κ2) is 12.7. The maximum Gasteiger partial charge on any atom is 0.0431 e. The zero-order valence-electron chi connectivity index (χ0n) is 9.51. The molecular weight excluding hydrogens is 172 g/mol. The minimum Gasteiger partial charge on any atom is -0.396 e. The molecule has 0 unspecified atom stereocenters. The van der Waals surface area contributed by atoms with Crippen LogP contribution >= 0.6 is 0 Å². The Morgan fingerprint density at radius 3 is 1.57 bits per heavy atom. The van der Waals surface area contributed by atoms with E-state index in [1.165, 1.54) is 57.8 Å². The van der Waals surface area contributed by atoms with Gasteiger partial charge >= 0.3 is 0 Å². The predicted molar refractivity (Wildman–Crippen MR) is 63.5 cm³/mol. The Morgan fingerprint density at radius 1 is 0.714 bits per heavy atom. The fourth-order valence-electron chi connectivity index (χ4n) is 1.64. The molecule has 0 aliphatic carbocycles. The number of unbranched alkanes of at least 4 members (excludes halogenated alkanes) is 9. The van der Waals surface area contributed by atoms with Crippen LogP contribution in [0.25, 0.3) is 0 Å². The van der Waals surface area contributed by atoms with Gasteiger partial charge in [-0.2, -0.15) is 0 Å². The van der Waals surface area contributed by atoms with Crippen molar-refractivity contribution in [1.82, 2.24) is 0 Å². The highest BCUT2D eigenvalue weighted by Gasteiger charge is 1.91. The second-order valence-electron chi connectivity index (χ2n) is 3.98. The molecule has 0 radical (unpaired) electrons. The highest BCUT2D eigenvalue weighted by Crippen LogP contribution is 2.10. The molecule has 84 valence electrons. The third-order valence-electron chi connectivity index (χ3n) is 2.57. The third kappa shape index (κ3) is 11.7. The first-order chi connectivity index (χ1) is 6.91. The molecule has 0 aromatic heterocycles. The van der Waals surface area contributed by atoms with E-state index in [9.17, 15) is 0 Å². The smallest absolute Gasteiger partial charge is 0.0431 e. The van der Waals surface area contributed by atoms with Gasteiger partial charge in [0.15, 0.2) is 0 Å². The summed E-state index contributed by atoms with van der Waals surface area (Å²) in [6.07, 6.45) is 14.8. The molecule has 0 bridgehead atoms. The number of hydrogen-bond donors (Lipinski definition) is 1. The molecule has 0 rings (SSSR count). The number of allylic oxidation sites excluding steroid dienone is 1. The number of hydrogen-bond acceptors (Lipinski definition) is 1. The average molecular weight is 198 g/mol. The molecule has 1 N–H and O–H groups in total. The predicted octanol–water partition coefficient (Wildman–Crippen LogP) is 4.07. The fourth-order valence-corrected chi connectivity index (χ4v) is 1.64. The summed E-state index contributed by atoms with van der Waals surface area (Å²) >= 11 is 0. The molecule has 0 aromatic rings. The average Bonchev–Trinajstić information content (AvgIpc) is 2.21. The van der Waals surface area contributed by atoms with E-state index >= 15 is 0 Å². The molecule has 0 aliphatic heterocycles. The summed E-state index contributed by atoms with van der Waals surface area (Å²) in [6, 6.07) is 0. The van der Waals surface area contributed by atoms with Crippen molar-refractivity contribution in [1.29, 1.82) is 0 Å². The lowest BCUT2D eigenvalue weighted by molar-refractivity contribution is 0.282. The summed E-state index contributed by atoms with van der Waals surface area (Å²) in [5, 5.41) is 8.58. The number of aliphatic hydroxyl groups is 1. The highest BCUT2D eigenvalue weighted by atomic mass is 16.2. The van der Waals surface area contributed by atoms with Crippen LogP contribution in [0.15, 0.2) is 12.7 Å². The largest absolute Gasteiger partial charge is 0.396 e. The van der Waals surface area contributed by atoms with Gasteiger partial charge in [0.25, 0.3) is 0 Å². The molecule has 0 atom stereocenters. The minimum absolute atomic E-state index is 0.363. The van der Waals surface area contributed by atoms with Crippen LogP contribution in [0.3, 0.4) is 0 Å². The number of aliphatic hydroxyl groups excluding tert-OH is 1. The van der Waals surface area contributed by atoms with Crippen molar-refractivity contribution < 1.29 is 5.11 Å². The van der Waals surface area contributed by atoms with Crippen molar-refractivity contribution in [2.75, 3.05) is 6.61 Å². The Hall–Kier alpha value is -0.300. The van der Waals surface area contributed by atoms with E-state index in [0.717, 1.165) is 6.42 Å². The summed E-state index contributed by atoms with van der Waals surface area (Å²) in [5.41, 5.74) is 0. The van der Waals surface area contributed by atoms with Gasteiger partial charge in [-0.05, 0) is 19.3 Å². The van der Waals surface area contributed by atoms with Crippen molar-refractivity contribution in [2.24, 2.45) is 0 Å². The Balaban J connectivity index is 2.81. The van der Waals surface area contributed by atoms with E-state index in [1.807, 2.05) is 6.08 Å². The normalized spacial score (nSPS) is 10.4. The molecule has 1 nitrogen and oxygen atoms in total. The van der Waals surface area contributed by atoms with Crippen LogP contribution in [-0.2, 0) is 0 Å². The summed E-state index contributed by atoms with van der Waals surface area (Å²) in [5.74, 6) is 0. The van der Waals surface area contributed by atoms with Crippen molar-refractivity contribution in [3.8, 4) is 0 Å². The lowest BCUT2D eigenvalue weighted by atomic mass is 10.1. The van der Waals surface area contributed by atoms with E-state index in [1.54, 1.807) is 0 Å². The monoisotopic (exact) mass is 198 g/mol. The summed E-state index contributed by atoms with van der Waals surface area (Å²) in [7, 11) is 0. The van der Waals surface area contributed by atoms with Crippen LogP contribution in [-0.4, -0.2) is 11.7 Å². The molecule has 1 heteroatoms. The molecule has 0 amide bonds. The maximum atomic E-state index is 8.58. The van der Waals surface area contributed by atoms with Crippen LogP contribution in [0.1, 0.15) is 64.2 Å². The third-order valence-corrected chi connectivity index (χ3v) is 2.57. The molecular formula is C13H26O. The van der Waals surface area contributed by atoms with E-state index in [-0.39, 0.29) is 0 Å². The molecule has 0 saturated carbocycles. The Bertz CT molecular complexity index is 110. The minimum atomic E-state index is 0.363. The molecule has 0 aliphatic rings.